The number of morpholine rings is 1. The third kappa shape index (κ3) is 9.61. The minimum atomic E-state index is -0.625. The van der Waals surface area contributed by atoms with Gasteiger partial charge in [-0.15, -0.1) is 0 Å². The quantitative estimate of drug-likeness (QED) is 0.338. The van der Waals surface area contributed by atoms with Crippen molar-refractivity contribution in [3.05, 3.63) is 66.2 Å². The molecule has 1 aliphatic rings. The number of anilines is 3. The van der Waals surface area contributed by atoms with Crippen LogP contribution in [0.3, 0.4) is 0 Å². The van der Waals surface area contributed by atoms with Crippen LogP contribution in [0.2, 0.25) is 0 Å². The van der Waals surface area contributed by atoms with Crippen LogP contribution in [0.15, 0.2) is 60.7 Å². The molecule has 1 heterocycles. The van der Waals surface area contributed by atoms with Gasteiger partial charge in [0.15, 0.2) is 0 Å². The summed E-state index contributed by atoms with van der Waals surface area (Å²) in [6.07, 6.45) is 3.78. The van der Waals surface area contributed by atoms with E-state index in [0.29, 0.717) is 29.9 Å². The number of nitrogens with zero attached hydrogens (tertiary/aromatic N) is 1. The number of para-hydroxylation sites is 2. The summed E-state index contributed by atoms with van der Waals surface area (Å²) in [5, 5.41) is 8.35. The number of hydrogen-bond donors (Lipinski definition) is 3. The summed E-state index contributed by atoms with van der Waals surface area (Å²) >= 11 is 0. The van der Waals surface area contributed by atoms with Crippen molar-refractivity contribution in [3.63, 3.8) is 0 Å². The molecule has 0 aliphatic carbocycles. The highest BCUT2D eigenvalue weighted by Gasteiger charge is 2.17. The first-order valence-electron chi connectivity index (χ1n) is 12.5. The summed E-state index contributed by atoms with van der Waals surface area (Å²) in [7, 11) is 0. The highest BCUT2D eigenvalue weighted by atomic mass is 16.6. The molecule has 0 spiro atoms. The van der Waals surface area contributed by atoms with Gasteiger partial charge in [0.05, 0.1) is 24.6 Å². The Morgan fingerprint density at radius 2 is 1.59 bits per heavy atom. The molecular weight excluding hydrogens is 472 g/mol. The molecule has 0 unspecified atom stereocenters. The Kier molecular flexibility index (Phi) is 10.1. The summed E-state index contributed by atoms with van der Waals surface area (Å²) in [4.78, 5) is 39.1. The Bertz CT molecular complexity index is 1090. The highest BCUT2D eigenvalue weighted by molar-refractivity contribution is 5.98. The second-order valence-corrected chi connectivity index (χ2v) is 9.59. The van der Waals surface area contributed by atoms with Crippen LogP contribution in [0.4, 0.5) is 21.9 Å². The maximum atomic E-state index is 12.4. The first-order valence-corrected chi connectivity index (χ1v) is 12.5. The van der Waals surface area contributed by atoms with Crippen LogP contribution < -0.4 is 20.9 Å². The van der Waals surface area contributed by atoms with E-state index in [9.17, 15) is 14.4 Å². The molecule has 1 fully saturated rings. The van der Waals surface area contributed by atoms with Gasteiger partial charge in [-0.1, -0.05) is 24.3 Å². The molecule has 0 bridgehead atoms. The molecular formula is C28H36N4O5. The molecule has 9 nitrogen and oxygen atoms in total. The average molecular weight is 509 g/mol. The Morgan fingerprint density at radius 3 is 2.24 bits per heavy atom. The van der Waals surface area contributed by atoms with Crippen molar-refractivity contribution in [1.29, 1.82) is 0 Å². The molecule has 3 amide bonds. The lowest BCUT2D eigenvalue weighted by atomic mass is 10.1. The summed E-state index contributed by atoms with van der Waals surface area (Å²) in [6, 6.07) is 14.5. The van der Waals surface area contributed by atoms with E-state index in [0.717, 1.165) is 32.0 Å². The van der Waals surface area contributed by atoms with E-state index in [1.165, 1.54) is 0 Å². The van der Waals surface area contributed by atoms with Crippen LogP contribution in [-0.4, -0.2) is 56.4 Å². The van der Waals surface area contributed by atoms with E-state index in [1.54, 1.807) is 51.1 Å². The highest BCUT2D eigenvalue weighted by Crippen LogP contribution is 2.22. The molecule has 2 aromatic rings. The van der Waals surface area contributed by atoms with Gasteiger partial charge in [-0.25, -0.2) is 4.79 Å². The Morgan fingerprint density at radius 1 is 0.946 bits per heavy atom. The molecule has 0 atom stereocenters. The monoisotopic (exact) mass is 508 g/mol. The van der Waals surface area contributed by atoms with Crippen molar-refractivity contribution in [3.8, 4) is 0 Å². The Hall–Kier alpha value is -3.85. The van der Waals surface area contributed by atoms with Crippen LogP contribution in [0.5, 0.6) is 0 Å². The van der Waals surface area contributed by atoms with E-state index in [2.05, 4.69) is 20.9 Å². The molecule has 0 saturated carbocycles. The molecule has 0 aromatic heterocycles. The summed E-state index contributed by atoms with van der Waals surface area (Å²) < 4.78 is 10.6. The van der Waals surface area contributed by atoms with Crippen LogP contribution in [-0.2, 0) is 14.3 Å². The number of carbonyl (C=O) groups excluding carboxylic acids is 3. The maximum Gasteiger partial charge on any atom is 0.412 e. The zero-order valence-corrected chi connectivity index (χ0v) is 21.7. The molecule has 1 aliphatic heterocycles. The van der Waals surface area contributed by atoms with Crippen molar-refractivity contribution in [2.75, 3.05) is 48.4 Å². The number of nitrogens with one attached hydrogen (secondary N) is 3. The van der Waals surface area contributed by atoms with Gasteiger partial charge in [-0.3, -0.25) is 14.9 Å². The molecule has 37 heavy (non-hydrogen) atoms. The predicted octanol–water partition coefficient (Wildman–Crippen LogP) is 4.58. The summed E-state index contributed by atoms with van der Waals surface area (Å²) in [6.45, 7) is 8.94. The SMILES string of the molecule is CC(C)(C)OC(=O)Nc1ccccc1NC(=O)C/C=C/CCNC(=O)c1ccc(N2CCOCC2)cc1. The molecule has 198 valence electrons. The van der Waals surface area contributed by atoms with E-state index >= 15 is 0 Å². The van der Waals surface area contributed by atoms with Crippen LogP contribution in [0, 0.1) is 0 Å². The first kappa shape index (κ1) is 27.7. The standard InChI is InChI=1S/C28H36N4O5/c1-28(2,3)37-27(35)31-24-10-7-6-9-23(24)30-25(33)11-5-4-8-16-29-26(34)21-12-14-22(15-13-21)32-17-19-36-20-18-32/h4-7,9-10,12-15H,8,11,16-20H2,1-3H3,(H,29,34)(H,30,33)(H,31,35)/b5-4+. The average Bonchev–Trinajstić information content (AvgIpc) is 2.86. The third-order valence-corrected chi connectivity index (χ3v) is 5.41. The van der Waals surface area contributed by atoms with E-state index in [-0.39, 0.29) is 18.2 Å². The van der Waals surface area contributed by atoms with Gasteiger partial charge in [-0.05, 0) is 63.6 Å². The first-order chi connectivity index (χ1) is 17.7. The number of carbonyl (C=O) groups is 3. The molecule has 3 rings (SSSR count). The molecule has 0 radical (unpaired) electrons. The number of hydrogen-bond acceptors (Lipinski definition) is 6. The van der Waals surface area contributed by atoms with Crippen molar-refractivity contribution in [1.82, 2.24) is 5.32 Å². The molecule has 1 saturated heterocycles. The van der Waals surface area contributed by atoms with Gasteiger partial charge in [0.2, 0.25) is 5.91 Å². The van der Waals surface area contributed by atoms with Crippen LogP contribution in [0.25, 0.3) is 0 Å². The summed E-state index contributed by atoms with van der Waals surface area (Å²) in [5.41, 5.74) is 2.01. The van der Waals surface area contributed by atoms with Crippen molar-refractivity contribution >= 4 is 35.0 Å². The van der Waals surface area contributed by atoms with Gasteiger partial charge < -0.3 is 25.0 Å². The molecule has 3 N–H and O–H groups in total. The normalized spacial score (nSPS) is 13.8. The zero-order valence-electron chi connectivity index (χ0n) is 21.7. The second-order valence-electron chi connectivity index (χ2n) is 9.59. The Labute approximate surface area is 218 Å². The van der Waals surface area contributed by atoms with Gasteiger partial charge in [0, 0.05) is 37.3 Å². The zero-order chi connectivity index (χ0) is 26.7. The molecule has 2 aromatic carbocycles. The fraction of sp³-hybridized carbons (Fsp3) is 0.393. The second kappa shape index (κ2) is 13.5. The summed E-state index contributed by atoms with van der Waals surface area (Å²) in [5.74, 6) is -0.354. The fourth-order valence-corrected chi connectivity index (χ4v) is 3.64. The minimum absolute atomic E-state index is 0.131. The van der Waals surface area contributed by atoms with E-state index < -0.39 is 11.7 Å². The fourth-order valence-electron chi connectivity index (χ4n) is 3.64. The maximum absolute atomic E-state index is 12.4. The van der Waals surface area contributed by atoms with Gasteiger partial charge in [0.1, 0.15) is 5.60 Å². The number of amides is 3. The van der Waals surface area contributed by atoms with E-state index in [1.807, 2.05) is 30.3 Å². The Balaban J connectivity index is 1.38. The largest absolute Gasteiger partial charge is 0.444 e. The lowest BCUT2D eigenvalue weighted by molar-refractivity contribution is -0.115. The lowest BCUT2D eigenvalue weighted by Gasteiger charge is -2.28. The van der Waals surface area contributed by atoms with Crippen molar-refractivity contribution in [2.45, 2.75) is 39.2 Å². The van der Waals surface area contributed by atoms with E-state index in [4.69, 9.17) is 9.47 Å². The minimum Gasteiger partial charge on any atom is -0.444 e. The smallest absolute Gasteiger partial charge is 0.412 e. The number of rotatable bonds is 9. The van der Waals surface area contributed by atoms with Crippen molar-refractivity contribution in [2.24, 2.45) is 0 Å². The van der Waals surface area contributed by atoms with Gasteiger partial charge in [-0.2, -0.15) is 0 Å². The topological polar surface area (TPSA) is 109 Å². The predicted molar refractivity (Wildman–Crippen MR) is 145 cm³/mol. The third-order valence-electron chi connectivity index (χ3n) is 5.41. The van der Waals surface area contributed by atoms with Crippen molar-refractivity contribution < 1.29 is 23.9 Å². The van der Waals surface area contributed by atoms with Crippen LogP contribution in [0.1, 0.15) is 44.0 Å². The number of benzene rings is 2. The van der Waals surface area contributed by atoms with Crippen LogP contribution >= 0.6 is 0 Å². The lowest BCUT2D eigenvalue weighted by Crippen LogP contribution is -2.36. The van der Waals surface area contributed by atoms with Gasteiger partial charge >= 0.3 is 6.09 Å². The number of ether oxygens (including phenoxy) is 2. The molecule has 9 heteroatoms. The van der Waals surface area contributed by atoms with Gasteiger partial charge in [0.25, 0.3) is 5.91 Å².